The molecule has 0 aromatic heterocycles. The molecule has 1 saturated heterocycles. The predicted octanol–water partition coefficient (Wildman–Crippen LogP) is 1.36. The molecule has 2 atom stereocenters. The molecule has 100 valence electrons. The first-order valence-electron chi connectivity index (χ1n) is 6.09. The number of methoxy groups -OCH3 is 1. The van der Waals surface area contributed by atoms with Crippen LogP contribution in [0.5, 0.6) is 0 Å². The first-order valence-corrected chi connectivity index (χ1v) is 6.09. The van der Waals surface area contributed by atoms with Gasteiger partial charge in [0.15, 0.2) is 0 Å². The van der Waals surface area contributed by atoms with E-state index in [1.807, 2.05) is 20.8 Å². The highest BCUT2D eigenvalue weighted by Gasteiger charge is 2.34. The van der Waals surface area contributed by atoms with Crippen molar-refractivity contribution >= 4 is 6.09 Å². The van der Waals surface area contributed by atoms with E-state index in [9.17, 15) is 4.79 Å². The van der Waals surface area contributed by atoms with Crippen molar-refractivity contribution in [2.45, 2.75) is 51.3 Å². The van der Waals surface area contributed by atoms with Gasteiger partial charge in [-0.1, -0.05) is 0 Å². The number of rotatable bonds is 2. The summed E-state index contributed by atoms with van der Waals surface area (Å²) in [6.45, 7) is 6.73. The van der Waals surface area contributed by atoms with E-state index in [4.69, 9.17) is 15.2 Å². The molecule has 2 unspecified atom stereocenters. The fourth-order valence-corrected chi connectivity index (χ4v) is 2.02. The maximum Gasteiger partial charge on any atom is 0.410 e. The smallest absolute Gasteiger partial charge is 0.410 e. The maximum absolute atomic E-state index is 12.0. The quantitative estimate of drug-likeness (QED) is 0.796. The summed E-state index contributed by atoms with van der Waals surface area (Å²) in [5.41, 5.74) is 5.55. The number of carbonyl (C=O) groups excluding carboxylic acids is 1. The van der Waals surface area contributed by atoms with E-state index >= 15 is 0 Å². The highest BCUT2D eigenvalue weighted by atomic mass is 16.6. The van der Waals surface area contributed by atoms with Gasteiger partial charge in [0.25, 0.3) is 0 Å². The Morgan fingerprint density at radius 1 is 1.47 bits per heavy atom. The zero-order valence-electron chi connectivity index (χ0n) is 11.2. The highest BCUT2D eigenvalue weighted by Crippen LogP contribution is 2.20. The summed E-state index contributed by atoms with van der Waals surface area (Å²) >= 11 is 0. The van der Waals surface area contributed by atoms with Gasteiger partial charge in [0, 0.05) is 19.7 Å². The average Bonchev–Trinajstić information content (AvgIpc) is 2.18. The third-order valence-electron chi connectivity index (χ3n) is 2.80. The number of carbonyl (C=O) groups is 1. The summed E-state index contributed by atoms with van der Waals surface area (Å²) < 4.78 is 10.5. The second kappa shape index (κ2) is 5.69. The van der Waals surface area contributed by atoms with Crippen molar-refractivity contribution < 1.29 is 14.3 Å². The van der Waals surface area contributed by atoms with E-state index in [0.29, 0.717) is 13.2 Å². The number of nitrogens with two attached hydrogens (primary N) is 1. The van der Waals surface area contributed by atoms with Gasteiger partial charge in [-0.2, -0.15) is 0 Å². The van der Waals surface area contributed by atoms with E-state index in [1.165, 1.54) is 0 Å². The van der Waals surface area contributed by atoms with Gasteiger partial charge in [-0.15, -0.1) is 0 Å². The van der Waals surface area contributed by atoms with Crippen molar-refractivity contribution in [3.8, 4) is 0 Å². The fourth-order valence-electron chi connectivity index (χ4n) is 2.02. The fraction of sp³-hybridized carbons (Fsp3) is 0.917. The lowest BCUT2D eigenvalue weighted by molar-refractivity contribution is -0.00653. The Balaban J connectivity index is 2.68. The van der Waals surface area contributed by atoms with Crippen LogP contribution < -0.4 is 5.73 Å². The molecule has 1 heterocycles. The average molecular weight is 244 g/mol. The molecule has 0 aromatic carbocycles. The number of amides is 1. The zero-order valence-corrected chi connectivity index (χ0v) is 11.2. The third-order valence-corrected chi connectivity index (χ3v) is 2.80. The van der Waals surface area contributed by atoms with Crippen LogP contribution >= 0.6 is 0 Å². The molecule has 17 heavy (non-hydrogen) atoms. The van der Waals surface area contributed by atoms with E-state index in [0.717, 1.165) is 12.8 Å². The summed E-state index contributed by atoms with van der Waals surface area (Å²) in [7, 11) is 1.62. The lowest BCUT2D eigenvalue weighted by Crippen LogP contribution is -2.57. The van der Waals surface area contributed by atoms with E-state index in [1.54, 1.807) is 12.0 Å². The van der Waals surface area contributed by atoms with Gasteiger partial charge in [-0.05, 0) is 33.6 Å². The Bertz CT molecular complexity index is 263. The molecule has 1 amide bonds. The molecule has 0 bridgehead atoms. The van der Waals surface area contributed by atoms with Crippen LogP contribution in [0, 0.1) is 0 Å². The Hall–Kier alpha value is -0.810. The Labute approximate surface area is 103 Å². The lowest BCUT2D eigenvalue weighted by atomic mass is 9.98. The van der Waals surface area contributed by atoms with Crippen LogP contribution in [0.15, 0.2) is 0 Å². The number of hydrogen-bond acceptors (Lipinski definition) is 4. The van der Waals surface area contributed by atoms with Crippen molar-refractivity contribution in [3.63, 3.8) is 0 Å². The van der Waals surface area contributed by atoms with Crippen LogP contribution in [0.1, 0.15) is 33.6 Å². The minimum Gasteiger partial charge on any atom is -0.444 e. The largest absolute Gasteiger partial charge is 0.444 e. The number of hydrogen-bond donors (Lipinski definition) is 1. The molecule has 0 radical (unpaired) electrons. The molecular weight excluding hydrogens is 220 g/mol. The van der Waals surface area contributed by atoms with Crippen LogP contribution in [0.2, 0.25) is 0 Å². The number of ether oxygens (including phenoxy) is 2. The summed E-state index contributed by atoms with van der Waals surface area (Å²) in [6, 6.07) is -0.111. The van der Waals surface area contributed by atoms with Gasteiger partial charge < -0.3 is 20.1 Å². The van der Waals surface area contributed by atoms with Crippen LogP contribution in [0.25, 0.3) is 0 Å². The van der Waals surface area contributed by atoms with E-state index < -0.39 is 5.60 Å². The Morgan fingerprint density at radius 3 is 2.65 bits per heavy atom. The van der Waals surface area contributed by atoms with Gasteiger partial charge in [0.05, 0.1) is 12.6 Å². The van der Waals surface area contributed by atoms with Crippen molar-refractivity contribution in [2.75, 3.05) is 20.3 Å². The molecule has 0 saturated carbocycles. The van der Waals surface area contributed by atoms with Crippen molar-refractivity contribution in [3.05, 3.63) is 0 Å². The molecule has 1 aliphatic heterocycles. The monoisotopic (exact) mass is 244 g/mol. The second-order valence-corrected chi connectivity index (χ2v) is 5.50. The maximum atomic E-state index is 12.0. The minimum absolute atomic E-state index is 0.0313. The number of piperidine rings is 1. The summed E-state index contributed by atoms with van der Waals surface area (Å²) in [4.78, 5) is 13.7. The van der Waals surface area contributed by atoms with Gasteiger partial charge in [-0.25, -0.2) is 4.79 Å². The van der Waals surface area contributed by atoms with Crippen LogP contribution in [0.4, 0.5) is 4.79 Å². The molecular formula is C12H24N2O3. The molecule has 5 heteroatoms. The predicted molar refractivity (Wildman–Crippen MR) is 65.8 cm³/mol. The normalized spacial score (nSPS) is 25.8. The third kappa shape index (κ3) is 4.16. The first-order chi connectivity index (χ1) is 7.85. The molecule has 0 aromatic rings. The SMILES string of the molecule is COCC1C(N)CCCN1C(=O)OC(C)(C)C. The molecule has 5 nitrogen and oxygen atoms in total. The van der Waals surface area contributed by atoms with E-state index in [-0.39, 0.29) is 18.2 Å². The van der Waals surface area contributed by atoms with Crippen LogP contribution in [-0.2, 0) is 9.47 Å². The molecule has 2 N–H and O–H groups in total. The van der Waals surface area contributed by atoms with Gasteiger partial charge in [-0.3, -0.25) is 0 Å². The Kier molecular flexibility index (Phi) is 4.77. The topological polar surface area (TPSA) is 64.8 Å². The van der Waals surface area contributed by atoms with Crippen molar-refractivity contribution in [2.24, 2.45) is 5.73 Å². The van der Waals surface area contributed by atoms with Gasteiger partial charge in [0.2, 0.25) is 0 Å². The summed E-state index contributed by atoms with van der Waals surface area (Å²) in [5, 5.41) is 0. The molecule has 1 fully saturated rings. The number of likely N-dealkylation sites (tertiary alicyclic amines) is 1. The van der Waals surface area contributed by atoms with Gasteiger partial charge in [0.1, 0.15) is 5.60 Å². The zero-order chi connectivity index (χ0) is 13.1. The molecule has 0 aliphatic carbocycles. The van der Waals surface area contributed by atoms with Crippen LogP contribution in [0.3, 0.4) is 0 Å². The van der Waals surface area contributed by atoms with E-state index in [2.05, 4.69) is 0 Å². The number of nitrogens with zero attached hydrogens (tertiary/aromatic N) is 1. The first kappa shape index (κ1) is 14.3. The Morgan fingerprint density at radius 2 is 2.12 bits per heavy atom. The lowest BCUT2D eigenvalue weighted by Gasteiger charge is -2.39. The molecule has 1 rings (SSSR count). The molecule has 1 aliphatic rings. The minimum atomic E-state index is -0.476. The summed E-state index contributed by atoms with van der Waals surface area (Å²) in [6.07, 6.45) is 1.54. The van der Waals surface area contributed by atoms with Gasteiger partial charge >= 0.3 is 6.09 Å². The summed E-state index contributed by atoms with van der Waals surface area (Å²) in [5.74, 6) is 0. The second-order valence-electron chi connectivity index (χ2n) is 5.50. The van der Waals surface area contributed by atoms with Crippen molar-refractivity contribution in [1.29, 1.82) is 0 Å². The van der Waals surface area contributed by atoms with Crippen molar-refractivity contribution in [1.82, 2.24) is 4.90 Å². The highest BCUT2D eigenvalue weighted by molar-refractivity contribution is 5.68. The molecule has 0 spiro atoms. The van der Waals surface area contributed by atoms with Crippen LogP contribution in [-0.4, -0.2) is 48.9 Å². The standard InChI is InChI=1S/C12H24N2O3/c1-12(2,3)17-11(15)14-7-5-6-9(13)10(14)8-16-4/h9-10H,5-8,13H2,1-4H3.